The van der Waals surface area contributed by atoms with Crippen LogP contribution in [0.4, 0.5) is 5.82 Å². The number of fused-ring (bicyclic) bond motifs is 2. The number of nitrogens with zero attached hydrogens (tertiary/aromatic N) is 6. The third-order valence-corrected chi connectivity index (χ3v) is 9.33. The van der Waals surface area contributed by atoms with Crippen LogP contribution in [0.15, 0.2) is 36.9 Å². The van der Waals surface area contributed by atoms with Gasteiger partial charge in [0.25, 0.3) is 0 Å². The smallest absolute Gasteiger partial charge is 0.319 e. The minimum Gasteiger partial charge on any atom is -0.462 e. The Hall–Kier alpha value is -3.77. The molecule has 1 amide bonds. The van der Waals surface area contributed by atoms with Gasteiger partial charge in [-0.1, -0.05) is 30.8 Å². The van der Waals surface area contributed by atoms with E-state index in [1.54, 1.807) is 4.90 Å². The summed E-state index contributed by atoms with van der Waals surface area (Å²) in [6.07, 6.45) is 6.61. The van der Waals surface area contributed by atoms with Crippen molar-refractivity contribution in [1.29, 1.82) is 5.26 Å². The summed E-state index contributed by atoms with van der Waals surface area (Å²) in [5.41, 5.74) is 3.34. The minimum atomic E-state index is -0.482. The molecule has 208 valence electrons. The number of Topliss-reactive ketones (excluding diaryl/α,β-unsaturated/α-hetero) is 1. The summed E-state index contributed by atoms with van der Waals surface area (Å²) in [7, 11) is 2.10. The lowest BCUT2D eigenvalue weighted by molar-refractivity contribution is -0.128. The van der Waals surface area contributed by atoms with Crippen LogP contribution in [-0.4, -0.2) is 83.4 Å². The number of aromatic nitrogens is 2. The van der Waals surface area contributed by atoms with Crippen LogP contribution in [0.5, 0.6) is 6.01 Å². The van der Waals surface area contributed by atoms with E-state index < -0.39 is 5.41 Å². The van der Waals surface area contributed by atoms with Crippen molar-refractivity contribution >= 4 is 17.5 Å². The van der Waals surface area contributed by atoms with E-state index in [2.05, 4.69) is 41.6 Å². The Balaban J connectivity index is 1.34. The van der Waals surface area contributed by atoms with Gasteiger partial charge >= 0.3 is 6.01 Å². The van der Waals surface area contributed by atoms with Gasteiger partial charge in [0, 0.05) is 36.7 Å². The van der Waals surface area contributed by atoms with Crippen molar-refractivity contribution in [2.75, 3.05) is 44.7 Å². The predicted octanol–water partition coefficient (Wildman–Crippen LogP) is 2.98. The van der Waals surface area contributed by atoms with Crippen molar-refractivity contribution in [3.05, 3.63) is 59.3 Å². The number of carbonyl (C=O) groups excluding carboxylic acids is 2. The average Bonchev–Trinajstić information content (AvgIpc) is 3.56. The Bertz CT molecular complexity index is 1360. The first-order valence-corrected chi connectivity index (χ1v) is 14.3. The number of anilines is 1. The molecule has 2 aromatic rings. The van der Waals surface area contributed by atoms with Crippen molar-refractivity contribution in [2.24, 2.45) is 5.41 Å². The number of rotatable bonds is 6. The van der Waals surface area contributed by atoms with Gasteiger partial charge < -0.3 is 19.4 Å². The highest BCUT2D eigenvalue weighted by Gasteiger charge is 2.48. The topological polar surface area (TPSA) is 103 Å². The van der Waals surface area contributed by atoms with Gasteiger partial charge in [0.1, 0.15) is 18.1 Å². The van der Waals surface area contributed by atoms with Crippen LogP contribution < -0.4 is 9.64 Å². The van der Waals surface area contributed by atoms with Gasteiger partial charge in [0.05, 0.1) is 18.5 Å². The number of ketones is 1. The lowest BCUT2D eigenvalue weighted by Crippen LogP contribution is -2.55. The maximum Gasteiger partial charge on any atom is 0.319 e. The normalized spacial score (nSPS) is 23.6. The second kappa shape index (κ2) is 10.7. The van der Waals surface area contributed by atoms with Crippen LogP contribution in [0, 0.1) is 16.7 Å². The third-order valence-electron chi connectivity index (χ3n) is 9.33. The van der Waals surface area contributed by atoms with Crippen molar-refractivity contribution in [3.63, 3.8) is 0 Å². The van der Waals surface area contributed by atoms with Gasteiger partial charge in [0.2, 0.25) is 5.91 Å². The van der Waals surface area contributed by atoms with E-state index in [4.69, 9.17) is 14.7 Å². The fourth-order valence-corrected chi connectivity index (χ4v) is 7.05. The summed E-state index contributed by atoms with van der Waals surface area (Å²) in [6.45, 7) is 6.58. The molecule has 1 aromatic heterocycles. The highest BCUT2D eigenvalue weighted by Crippen LogP contribution is 2.47. The zero-order chi connectivity index (χ0) is 27.9. The number of amides is 1. The van der Waals surface area contributed by atoms with Gasteiger partial charge in [-0.3, -0.25) is 9.59 Å². The van der Waals surface area contributed by atoms with E-state index in [0.717, 1.165) is 44.2 Å². The zero-order valence-electron chi connectivity index (χ0n) is 23.1. The first kappa shape index (κ1) is 26.5. The molecule has 0 radical (unpaired) electrons. The number of ether oxygens (including phenoxy) is 1. The Morgan fingerprint density at radius 2 is 1.98 bits per heavy atom. The summed E-state index contributed by atoms with van der Waals surface area (Å²) in [5.74, 6) is 0.602. The average molecular weight is 541 g/mol. The molecular formula is C31H36N6O3. The van der Waals surface area contributed by atoms with Crippen LogP contribution in [0.25, 0.3) is 0 Å². The van der Waals surface area contributed by atoms with Crippen LogP contribution in [-0.2, 0) is 24.1 Å². The van der Waals surface area contributed by atoms with Crippen molar-refractivity contribution < 1.29 is 14.3 Å². The van der Waals surface area contributed by atoms with Crippen molar-refractivity contribution in [3.8, 4) is 12.1 Å². The van der Waals surface area contributed by atoms with Gasteiger partial charge in [-0.15, -0.1) is 0 Å². The molecule has 3 heterocycles. The van der Waals surface area contributed by atoms with Crippen LogP contribution >= 0.6 is 0 Å². The Morgan fingerprint density at radius 3 is 2.65 bits per heavy atom. The van der Waals surface area contributed by atoms with Gasteiger partial charge in [-0.25, -0.2) is 0 Å². The van der Waals surface area contributed by atoms with E-state index in [-0.39, 0.29) is 30.2 Å². The molecule has 2 atom stereocenters. The van der Waals surface area contributed by atoms with Gasteiger partial charge in [-0.05, 0) is 69.3 Å². The Kier molecular flexibility index (Phi) is 7.05. The molecule has 2 aliphatic heterocycles. The van der Waals surface area contributed by atoms with Crippen LogP contribution in [0.1, 0.15) is 52.9 Å². The molecule has 0 saturated carbocycles. The van der Waals surface area contributed by atoms with Gasteiger partial charge in [0.15, 0.2) is 5.78 Å². The molecular weight excluding hydrogens is 504 g/mol. The summed E-state index contributed by atoms with van der Waals surface area (Å²) >= 11 is 0. The zero-order valence-corrected chi connectivity index (χ0v) is 23.1. The lowest BCUT2D eigenvalue weighted by Gasteiger charge is -2.42. The molecule has 4 aliphatic rings. The standard InChI is InChI=1S/C31H36N6O3/c1-3-26(38)37-16-15-36(19-23(37)11-13-32)29-25-10-12-31(17-21-7-4-5-8-22(21)18-31)28(39)27(25)33-30(34-29)40-20-24-9-6-14-35(24)2/h3-5,7-8,23-24H,1,6,9-12,14-20H2,2H3. The number of hydrogen-bond donors (Lipinski definition) is 0. The summed E-state index contributed by atoms with van der Waals surface area (Å²) < 4.78 is 6.20. The van der Waals surface area contributed by atoms with E-state index in [0.29, 0.717) is 50.2 Å². The van der Waals surface area contributed by atoms with Crippen molar-refractivity contribution in [1.82, 2.24) is 19.8 Å². The quantitative estimate of drug-likeness (QED) is 0.516. The molecule has 0 bridgehead atoms. The number of hydrogen-bond acceptors (Lipinski definition) is 8. The minimum absolute atomic E-state index is 0.0745. The van der Waals surface area contributed by atoms with E-state index in [1.807, 2.05) is 12.1 Å². The molecule has 0 N–H and O–H groups in total. The summed E-state index contributed by atoms with van der Waals surface area (Å²) in [4.78, 5) is 42.5. The fraction of sp³-hybridized carbons (Fsp3) is 0.516. The maximum atomic E-state index is 14.3. The van der Waals surface area contributed by atoms with E-state index in [9.17, 15) is 14.9 Å². The summed E-state index contributed by atoms with van der Waals surface area (Å²) in [6, 6.07) is 10.8. The number of likely N-dealkylation sites (N-methyl/N-ethyl adjacent to an activating group) is 1. The van der Waals surface area contributed by atoms with Crippen molar-refractivity contribution in [2.45, 2.75) is 57.0 Å². The highest BCUT2D eigenvalue weighted by molar-refractivity contribution is 6.03. The molecule has 9 heteroatoms. The molecule has 1 spiro atoms. The van der Waals surface area contributed by atoms with Crippen LogP contribution in [0.2, 0.25) is 0 Å². The number of benzene rings is 1. The van der Waals surface area contributed by atoms with Crippen LogP contribution in [0.3, 0.4) is 0 Å². The molecule has 6 rings (SSSR count). The first-order chi connectivity index (χ1) is 19.4. The molecule has 2 aliphatic carbocycles. The molecule has 2 fully saturated rings. The number of carbonyl (C=O) groups is 2. The molecule has 2 saturated heterocycles. The number of piperazine rings is 1. The van der Waals surface area contributed by atoms with E-state index in [1.165, 1.54) is 17.2 Å². The SMILES string of the molecule is C=CC(=O)N1CCN(c2nc(OCC3CCCN3C)nc3c2CCC2(Cc4ccccc4C2)C3=O)CC1CC#N. The lowest BCUT2D eigenvalue weighted by atomic mass is 9.70. The molecule has 9 nitrogen and oxygen atoms in total. The Labute approximate surface area is 235 Å². The first-order valence-electron chi connectivity index (χ1n) is 14.3. The second-order valence-corrected chi connectivity index (χ2v) is 11.7. The third kappa shape index (κ3) is 4.64. The Morgan fingerprint density at radius 1 is 1.20 bits per heavy atom. The maximum absolute atomic E-state index is 14.3. The molecule has 40 heavy (non-hydrogen) atoms. The second-order valence-electron chi connectivity index (χ2n) is 11.7. The molecule has 2 unspecified atom stereocenters. The van der Waals surface area contributed by atoms with E-state index >= 15 is 0 Å². The predicted molar refractivity (Wildman–Crippen MR) is 150 cm³/mol. The van der Waals surface area contributed by atoms with Gasteiger partial charge in [-0.2, -0.15) is 15.2 Å². The number of nitriles is 1. The molecule has 1 aromatic carbocycles. The fourth-order valence-electron chi connectivity index (χ4n) is 7.05. The monoisotopic (exact) mass is 540 g/mol. The highest BCUT2D eigenvalue weighted by atomic mass is 16.5. The number of likely N-dealkylation sites (tertiary alicyclic amines) is 1. The summed E-state index contributed by atoms with van der Waals surface area (Å²) in [5, 5.41) is 9.48. The largest absolute Gasteiger partial charge is 0.462 e.